The summed E-state index contributed by atoms with van der Waals surface area (Å²) in [5.74, 6) is -1.51. The third-order valence-corrected chi connectivity index (χ3v) is 3.53. The molecule has 0 saturated carbocycles. The number of carboxylic acids is 1. The van der Waals surface area contributed by atoms with Gasteiger partial charge in [-0.15, -0.1) is 0 Å². The molecule has 2 N–H and O–H groups in total. The molecular formula is C15H17N3O3. The lowest BCUT2D eigenvalue weighted by Gasteiger charge is -2.33. The molecule has 2 rings (SSSR count). The van der Waals surface area contributed by atoms with Crippen LogP contribution in [0.4, 0.5) is 5.69 Å². The van der Waals surface area contributed by atoms with Crippen molar-refractivity contribution in [2.24, 2.45) is 0 Å². The van der Waals surface area contributed by atoms with Crippen LogP contribution < -0.4 is 10.2 Å². The number of carboxylic acid groups (broad SMARTS) is 1. The molecule has 0 saturated heterocycles. The number of fused-ring (bicyclic) bond motifs is 1. The van der Waals surface area contributed by atoms with E-state index in [0.29, 0.717) is 19.5 Å². The molecule has 0 bridgehead atoms. The number of carbonyl (C=O) groups is 2. The van der Waals surface area contributed by atoms with E-state index in [9.17, 15) is 14.7 Å². The van der Waals surface area contributed by atoms with Crippen molar-refractivity contribution in [3.63, 3.8) is 0 Å². The molecule has 0 spiro atoms. The van der Waals surface area contributed by atoms with Crippen molar-refractivity contribution in [3.05, 3.63) is 29.8 Å². The number of aliphatic carboxylic acids is 1. The number of nitrogens with one attached hydrogen (secondary N) is 1. The van der Waals surface area contributed by atoms with Gasteiger partial charge in [0.15, 0.2) is 0 Å². The van der Waals surface area contributed by atoms with Crippen LogP contribution in [0.5, 0.6) is 0 Å². The van der Waals surface area contributed by atoms with Gasteiger partial charge in [-0.3, -0.25) is 9.59 Å². The number of benzene rings is 1. The van der Waals surface area contributed by atoms with Crippen LogP contribution in [0.2, 0.25) is 0 Å². The number of nitrogens with zero attached hydrogens (tertiary/aromatic N) is 2. The highest BCUT2D eigenvalue weighted by Crippen LogP contribution is 2.34. The molecule has 1 aromatic rings. The van der Waals surface area contributed by atoms with Gasteiger partial charge in [0.25, 0.3) is 0 Å². The maximum absolute atomic E-state index is 11.8. The van der Waals surface area contributed by atoms with Crippen molar-refractivity contribution in [1.82, 2.24) is 5.32 Å². The maximum Gasteiger partial charge on any atom is 0.311 e. The van der Waals surface area contributed by atoms with E-state index >= 15 is 0 Å². The van der Waals surface area contributed by atoms with E-state index in [-0.39, 0.29) is 18.9 Å². The molecule has 1 aromatic carbocycles. The Morgan fingerprint density at radius 1 is 1.43 bits per heavy atom. The molecule has 0 fully saturated rings. The fourth-order valence-corrected chi connectivity index (χ4v) is 2.54. The molecule has 0 aliphatic carbocycles. The summed E-state index contributed by atoms with van der Waals surface area (Å²) in [5, 5.41) is 20.4. The van der Waals surface area contributed by atoms with Crippen LogP contribution in [0.1, 0.15) is 24.3 Å². The second-order valence-corrected chi connectivity index (χ2v) is 4.92. The lowest BCUT2D eigenvalue weighted by Crippen LogP contribution is -2.41. The minimum atomic E-state index is -0.833. The number of hydrogen-bond donors (Lipinski definition) is 2. The lowest BCUT2D eigenvalue weighted by molar-refractivity contribution is -0.139. The first-order valence-corrected chi connectivity index (χ1v) is 6.84. The lowest BCUT2D eigenvalue weighted by atomic mass is 9.90. The Bertz CT molecular complexity index is 580. The van der Waals surface area contributed by atoms with Gasteiger partial charge in [-0.05, 0) is 18.1 Å². The molecule has 1 aliphatic heterocycles. The molecule has 1 aliphatic rings. The summed E-state index contributed by atoms with van der Waals surface area (Å²) in [7, 11) is 0. The van der Waals surface area contributed by atoms with Gasteiger partial charge in [-0.1, -0.05) is 18.2 Å². The highest BCUT2D eigenvalue weighted by Gasteiger charge is 2.30. The number of hydrogen-bond acceptors (Lipinski definition) is 4. The number of carbonyl (C=O) groups excluding carboxylic acids is 1. The van der Waals surface area contributed by atoms with Crippen molar-refractivity contribution in [1.29, 1.82) is 5.26 Å². The minimum Gasteiger partial charge on any atom is -0.481 e. The zero-order valence-electron chi connectivity index (χ0n) is 11.6. The molecule has 0 aromatic heterocycles. The quantitative estimate of drug-likeness (QED) is 0.791. The highest BCUT2D eigenvalue weighted by molar-refractivity contribution is 5.84. The second-order valence-electron chi connectivity index (χ2n) is 4.92. The summed E-state index contributed by atoms with van der Waals surface area (Å²) in [6, 6.07) is 9.25. The van der Waals surface area contributed by atoms with E-state index in [1.165, 1.54) is 0 Å². The Hall–Kier alpha value is -2.55. The summed E-state index contributed by atoms with van der Waals surface area (Å²) in [5.41, 5.74) is 1.55. The van der Waals surface area contributed by atoms with Crippen molar-refractivity contribution >= 4 is 17.6 Å². The number of amides is 1. The van der Waals surface area contributed by atoms with Gasteiger partial charge in [0.05, 0.1) is 25.0 Å². The number of anilines is 1. The smallest absolute Gasteiger partial charge is 0.311 e. The van der Waals surface area contributed by atoms with Crippen molar-refractivity contribution in [2.75, 3.05) is 24.5 Å². The first-order chi connectivity index (χ1) is 10.1. The van der Waals surface area contributed by atoms with Crippen LogP contribution in [-0.4, -0.2) is 36.6 Å². The SMILES string of the molecule is N#CCCNC(=O)CN1CCC(C(=O)O)c2ccccc21. The monoisotopic (exact) mass is 287 g/mol. The molecule has 21 heavy (non-hydrogen) atoms. The van der Waals surface area contributed by atoms with Gasteiger partial charge < -0.3 is 15.3 Å². The standard InChI is InChI=1S/C15H17N3O3/c16-7-3-8-17-14(19)10-18-9-6-12(15(20)21)11-4-1-2-5-13(11)18/h1-2,4-5,12H,3,6,8-10H2,(H,17,19)(H,20,21). The molecule has 6 nitrogen and oxygen atoms in total. The van der Waals surface area contributed by atoms with Crippen molar-refractivity contribution in [2.45, 2.75) is 18.8 Å². The zero-order chi connectivity index (χ0) is 15.2. The largest absolute Gasteiger partial charge is 0.481 e. The summed E-state index contributed by atoms with van der Waals surface area (Å²) in [4.78, 5) is 25.0. The predicted octanol–water partition coefficient (Wildman–Crippen LogP) is 1.09. The van der Waals surface area contributed by atoms with Crippen molar-refractivity contribution < 1.29 is 14.7 Å². The van der Waals surface area contributed by atoms with Crippen LogP contribution in [0, 0.1) is 11.3 Å². The fourth-order valence-electron chi connectivity index (χ4n) is 2.54. The predicted molar refractivity (Wildman–Crippen MR) is 76.9 cm³/mol. The average Bonchev–Trinajstić information content (AvgIpc) is 2.47. The minimum absolute atomic E-state index is 0.158. The molecule has 1 atom stereocenters. The molecule has 1 amide bonds. The Balaban J connectivity index is 2.09. The Kier molecular flexibility index (Phi) is 4.77. The van der Waals surface area contributed by atoms with Gasteiger partial charge in [0, 0.05) is 18.8 Å². The summed E-state index contributed by atoms with van der Waals surface area (Å²) in [6.45, 7) is 1.04. The fraction of sp³-hybridized carbons (Fsp3) is 0.400. The van der Waals surface area contributed by atoms with Gasteiger partial charge in [0.1, 0.15) is 0 Å². The zero-order valence-corrected chi connectivity index (χ0v) is 11.6. The van der Waals surface area contributed by atoms with Gasteiger partial charge in [-0.2, -0.15) is 5.26 Å². The second kappa shape index (κ2) is 6.75. The molecule has 1 heterocycles. The van der Waals surface area contributed by atoms with E-state index in [1.807, 2.05) is 29.2 Å². The molecule has 0 radical (unpaired) electrons. The maximum atomic E-state index is 11.8. The number of rotatable bonds is 5. The normalized spacial score (nSPS) is 16.7. The molecular weight excluding hydrogens is 270 g/mol. The summed E-state index contributed by atoms with van der Waals surface area (Å²) in [6.07, 6.45) is 0.765. The third kappa shape index (κ3) is 3.51. The van der Waals surface area contributed by atoms with Crippen LogP contribution in [0.15, 0.2) is 24.3 Å². The van der Waals surface area contributed by atoms with Gasteiger partial charge in [0.2, 0.25) is 5.91 Å². The third-order valence-electron chi connectivity index (χ3n) is 3.53. The molecule has 6 heteroatoms. The first kappa shape index (κ1) is 14.9. The van der Waals surface area contributed by atoms with E-state index in [1.54, 1.807) is 6.07 Å². The number of para-hydroxylation sites is 1. The van der Waals surface area contributed by atoms with Crippen molar-refractivity contribution in [3.8, 4) is 6.07 Å². The topological polar surface area (TPSA) is 93.4 Å². The molecule has 1 unspecified atom stereocenters. The highest BCUT2D eigenvalue weighted by atomic mass is 16.4. The average molecular weight is 287 g/mol. The Morgan fingerprint density at radius 2 is 2.19 bits per heavy atom. The first-order valence-electron chi connectivity index (χ1n) is 6.84. The van der Waals surface area contributed by atoms with E-state index in [4.69, 9.17) is 5.26 Å². The summed E-state index contributed by atoms with van der Waals surface area (Å²) >= 11 is 0. The molecule has 110 valence electrons. The Labute approximate surface area is 123 Å². The van der Waals surface area contributed by atoms with Gasteiger partial charge in [-0.25, -0.2) is 0 Å². The number of nitriles is 1. The Morgan fingerprint density at radius 3 is 2.90 bits per heavy atom. The van der Waals surface area contributed by atoms with Crippen LogP contribution in [-0.2, 0) is 9.59 Å². The van der Waals surface area contributed by atoms with Gasteiger partial charge >= 0.3 is 5.97 Å². The van der Waals surface area contributed by atoms with E-state index in [2.05, 4.69) is 5.32 Å². The van der Waals surface area contributed by atoms with E-state index in [0.717, 1.165) is 11.3 Å². The van der Waals surface area contributed by atoms with Crippen LogP contribution >= 0.6 is 0 Å². The van der Waals surface area contributed by atoms with Crippen LogP contribution in [0.25, 0.3) is 0 Å². The summed E-state index contributed by atoms with van der Waals surface area (Å²) < 4.78 is 0. The van der Waals surface area contributed by atoms with Crippen LogP contribution in [0.3, 0.4) is 0 Å². The van der Waals surface area contributed by atoms with E-state index < -0.39 is 11.9 Å².